The maximum absolute atomic E-state index is 2.34. The Hall–Kier alpha value is 0.177. The normalized spacial score (nSPS) is 18.1. The van der Waals surface area contributed by atoms with Crippen LogP contribution in [-0.4, -0.2) is 9.52 Å². The molecule has 0 saturated heterocycles. The molecule has 0 amide bonds. The minimum absolute atomic E-state index is 0. The zero-order chi connectivity index (χ0) is 8.39. The molecule has 0 N–H and O–H groups in total. The molecule has 1 aliphatic rings. The number of fused-ring (bicyclic) bond motifs is 1. The zero-order valence-corrected chi connectivity index (χ0v) is 11.2. The van der Waals surface area contributed by atoms with Gasteiger partial charge in [-0.2, -0.15) is 0 Å². The number of allylic oxidation sites excluding steroid dienone is 1. The van der Waals surface area contributed by atoms with Gasteiger partial charge in [0.1, 0.15) is 0 Å². The van der Waals surface area contributed by atoms with Crippen LogP contribution in [0.4, 0.5) is 0 Å². The fraction of sp³-hybridized carbons (Fsp3) is 0.273. The van der Waals surface area contributed by atoms with E-state index in [2.05, 4.69) is 43.3 Å². The van der Waals surface area contributed by atoms with E-state index in [1.807, 2.05) is 0 Å². The monoisotopic (exact) mass is 196 g/mol. The Morgan fingerprint density at radius 2 is 2.15 bits per heavy atom. The summed E-state index contributed by atoms with van der Waals surface area (Å²) in [4.78, 5) is 0. The van der Waals surface area contributed by atoms with E-state index in [0.717, 1.165) is 9.52 Å². The van der Waals surface area contributed by atoms with Gasteiger partial charge in [-0.15, -0.1) is 0 Å². The summed E-state index contributed by atoms with van der Waals surface area (Å²) in [5.41, 5.74) is 3.66. The van der Waals surface area contributed by atoms with Crippen molar-refractivity contribution in [2.24, 2.45) is 0 Å². The molecule has 1 aromatic rings. The largest absolute Gasteiger partial charge is 1.00 e. The van der Waals surface area contributed by atoms with Crippen LogP contribution >= 0.6 is 0 Å². The smallest absolute Gasteiger partial charge is 1.00 e. The molecule has 0 aromatic heterocycles. The Morgan fingerprint density at radius 1 is 1.38 bits per heavy atom. The predicted octanol–water partition coefficient (Wildman–Crippen LogP) is 0.0134. The molecule has 13 heavy (non-hydrogen) atoms. The molecule has 1 aliphatic carbocycles. The van der Waals surface area contributed by atoms with Crippen LogP contribution in [0.1, 0.15) is 25.0 Å². The van der Waals surface area contributed by atoms with Crippen LogP contribution in [0.5, 0.6) is 0 Å². The average Bonchev–Trinajstić information content (AvgIpc) is 2.50. The van der Waals surface area contributed by atoms with Gasteiger partial charge in [-0.25, -0.2) is 0 Å². The van der Waals surface area contributed by atoms with Crippen molar-refractivity contribution in [1.82, 2.24) is 0 Å². The molecule has 0 bridgehead atoms. The summed E-state index contributed by atoms with van der Waals surface area (Å²) >= 11 is 0. The topological polar surface area (TPSA) is 0 Å². The van der Waals surface area contributed by atoms with Crippen LogP contribution in [0.3, 0.4) is 0 Å². The summed E-state index contributed by atoms with van der Waals surface area (Å²) in [6.45, 7) is 2.26. The van der Waals surface area contributed by atoms with E-state index in [4.69, 9.17) is 0 Å². The molecule has 0 spiro atoms. The van der Waals surface area contributed by atoms with Crippen molar-refractivity contribution < 1.29 is 31.0 Å². The zero-order valence-electron chi connectivity index (χ0n) is 9.25. The fourth-order valence-electron chi connectivity index (χ4n) is 1.65. The van der Waals surface area contributed by atoms with Crippen molar-refractivity contribution in [3.05, 3.63) is 41.5 Å². The number of rotatable bonds is 2. The van der Waals surface area contributed by atoms with Crippen molar-refractivity contribution in [3.8, 4) is 0 Å². The molecule has 0 nitrogen and oxygen atoms in total. The van der Waals surface area contributed by atoms with Gasteiger partial charge in [-0.3, -0.25) is 0 Å². The van der Waals surface area contributed by atoms with Gasteiger partial charge in [0.15, 0.2) is 0 Å². The van der Waals surface area contributed by atoms with Crippen LogP contribution in [0.25, 0.3) is 6.08 Å². The predicted molar refractivity (Wildman–Crippen MR) is 55.6 cm³/mol. The summed E-state index contributed by atoms with van der Waals surface area (Å²) in [5, 5.41) is 0. The van der Waals surface area contributed by atoms with Gasteiger partial charge in [0.2, 0.25) is 0 Å². The van der Waals surface area contributed by atoms with Crippen LogP contribution in [-0.2, 0) is 0 Å². The van der Waals surface area contributed by atoms with Gasteiger partial charge < -0.3 is 1.43 Å². The van der Waals surface area contributed by atoms with E-state index in [0.29, 0.717) is 5.54 Å². The third kappa shape index (κ3) is 2.35. The van der Waals surface area contributed by atoms with E-state index in [9.17, 15) is 0 Å². The second kappa shape index (κ2) is 5.16. The number of hydrogen-bond acceptors (Lipinski definition) is 0. The Bertz CT molecular complexity index is 312. The molecule has 0 aliphatic heterocycles. The third-order valence-electron chi connectivity index (χ3n) is 2.22. The van der Waals surface area contributed by atoms with Gasteiger partial charge >= 0.3 is 29.6 Å². The average molecular weight is 196 g/mol. The first-order valence-electron chi connectivity index (χ1n) is 4.42. The molecule has 1 aromatic carbocycles. The van der Waals surface area contributed by atoms with Crippen molar-refractivity contribution >= 4 is 15.6 Å². The van der Waals surface area contributed by atoms with E-state index < -0.39 is 0 Å². The third-order valence-corrected chi connectivity index (χ3v) is 3.57. The fourth-order valence-corrected chi connectivity index (χ4v) is 2.80. The Balaban J connectivity index is 0.000000845. The molecule has 0 fully saturated rings. The van der Waals surface area contributed by atoms with Gasteiger partial charge in [-0.05, 0) is 16.7 Å². The molecule has 2 rings (SSSR count). The Kier molecular flexibility index (Phi) is 4.46. The summed E-state index contributed by atoms with van der Waals surface area (Å²) < 4.78 is 0. The SMILES string of the molecule is CC[Si]C1C=Cc2ccccc21.[H-].[Na+]. The summed E-state index contributed by atoms with van der Waals surface area (Å²) in [7, 11) is 1.05. The molecule has 1 unspecified atom stereocenters. The molecule has 2 heteroatoms. The van der Waals surface area contributed by atoms with Gasteiger partial charge in [0.05, 0.1) is 9.52 Å². The first-order valence-corrected chi connectivity index (χ1v) is 5.71. The van der Waals surface area contributed by atoms with Crippen LogP contribution in [0, 0.1) is 0 Å². The molecule has 0 heterocycles. The molecular formula is C11H13NaSi. The van der Waals surface area contributed by atoms with E-state index in [1.54, 1.807) is 0 Å². The Morgan fingerprint density at radius 3 is 2.92 bits per heavy atom. The maximum atomic E-state index is 2.34. The molecule has 1 atom stereocenters. The van der Waals surface area contributed by atoms with Gasteiger partial charge in [-0.1, -0.05) is 49.4 Å². The van der Waals surface area contributed by atoms with E-state index in [1.165, 1.54) is 17.2 Å². The summed E-state index contributed by atoms with van der Waals surface area (Å²) in [5.74, 6) is 0. The van der Waals surface area contributed by atoms with Gasteiger partial charge in [0.25, 0.3) is 0 Å². The molecular weight excluding hydrogens is 183 g/mol. The van der Waals surface area contributed by atoms with Crippen LogP contribution < -0.4 is 29.6 Å². The van der Waals surface area contributed by atoms with E-state index in [-0.39, 0.29) is 31.0 Å². The summed E-state index contributed by atoms with van der Waals surface area (Å²) in [6.07, 6.45) is 4.59. The molecule has 2 radical (unpaired) electrons. The van der Waals surface area contributed by atoms with Crippen molar-refractivity contribution in [1.29, 1.82) is 0 Å². The van der Waals surface area contributed by atoms with Crippen molar-refractivity contribution in [2.75, 3.05) is 0 Å². The first kappa shape index (κ1) is 11.3. The van der Waals surface area contributed by atoms with Crippen LogP contribution in [0.2, 0.25) is 6.04 Å². The quantitative estimate of drug-likeness (QED) is 0.585. The second-order valence-corrected chi connectivity index (χ2v) is 4.76. The summed E-state index contributed by atoms with van der Waals surface area (Å²) in [6, 6.07) is 10.00. The molecule has 0 saturated carbocycles. The number of benzene rings is 1. The standard InChI is InChI=1S/C11H12Si.Na.H/c1-2-12-11-8-7-9-5-3-4-6-10(9)11;;/h3-8,11H,2H2,1H3;;/q;+1;-1. The Labute approximate surface area is 106 Å². The first-order chi connectivity index (χ1) is 5.92. The minimum Gasteiger partial charge on any atom is -1.00 e. The van der Waals surface area contributed by atoms with Gasteiger partial charge in [0, 0.05) is 0 Å². The maximum Gasteiger partial charge on any atom is 1.00 e. The van der Waals surface area contributed by atoms with Crippen molar-refractivity contribution in [2.45, 2.75) is 18.5 Å². The number of hydrogen-bond donors (Lipinski definition) is 0. The molecule has 62 valence electrons. The van der Waals surface area contributed by atoms with E-state index >= 15 is 0 Å². The second-order valence-electron chi connectivity index (χ2n) is 3.02. The minimum atomic E-state index is 0. The van der Waals surface area contributed by atoms with Crippen LogP contribution in [0.15, 0.2) is 30.3 Å². The van der Waals surface area contributed by atoms with Crippen molar-refractivity contribution in [3.63, 3.8) is 0 Å².